The third-order valence-electron chi connectivity index (χ3n) is 16.4. The fourth-order valence-corrected chi connectivity index (χ4v) is 11.1. The molecule has 5 saturated heterocycles. The van der Waals surface area contributed by atoms with Crippen molar-refractivity contribution in [2.45, 2.75) is 122 Å². The molecule has 6 aromatic rings. The van der Waals surface area contributed by atoms with Gasteiger partial charge in [0.25, 0.3) is 34.7 Å². The first-order chi connectivity index (χ1) is 41.6. The number of rotatable bonds is 15. The monoisotopic (exact) mass is 1180 g/mol. The molecule has 5 aliphatic heterocycles. The zero-order valence-corrected chi connectivity index (χ0v) is 50.8. The average molecular weight is 1180 g/mol. The van der Waals surface area contributed by atoms with Crippen LogP contribution in [-0.4, -0.2) is 182 Å². The molecule has 1 amide bonds. The van der Waals surface area contributed by atoms with Crippen molar-refractivity contribution in [3.05, 3.63) is 105 Å². The third kappa shape index (κ3) is 18.5. The fraction of sp³-hybridized carbons (Fsp3) is 0.590. The molecule has 0 radical (unpaired) electrons. The molecule has 5 aliphatic rings. The van der Waals surface area contributed by atoms with Gasteiger partial charge in [-0.3, -0.25) is 28.1 Å². The van der Waals surface area contributed by atoms with E-state index in [0.717, 1.165) is 123 Å². The van der Waals surface area contributed by atoms with Gasteiger partial charge in [-0.15, -0.1) is 0 Å². The maximum absolute atomic E-state index is 12.4. The van der Waals surface area contributed by atoms with Crippen molar-refractivity contribution in [1.29, 1.82) is 0 Å². The molecule has 0 atom stereocenters. The van der Waals surface area contributed by atoms with Gasteiger partial charge in [0.1, 0.15) is 42.9 Å². The first-order valence-electron chi connectivity index (χ1n) is 30.5. The molecule has 0 saturated carbocycles. The van der Waals surface area contributed by atoms with Gasteiger partial charge in [0.2, 0.25) is 0 Å². The van der Waals surface area contributed by atoms with Crippen LogP contribution in [0.4, 0.5) is 4.79 Å². The fourth-order valence-electron chi connectivity index (χ4n) is 11.1. The molecule has 25 heteroatoms. The van der Waals surface area contributed by atoms with Gasteiger partial charge in [-0.05, 0) is 167 Å². The molecule has 0 unspecified atom stereocenters. The quantitative estimate of drug-likeness (QED) is 0.138. The highest BCUT2D eigenvalue weighted by Gasteiger charge is 2.29. The van der Waals surface area contributed by atoms with Crippen molar-refractivity contribution in [3.8, 4) is 52.2 Å². The zero-order valence-electron chi connectivity index (χ0n) is 50.8. The number of nitrogens with one attached hydrogen (secondary N) is 2. The van der Waals surface area contributed by atoms with E-state index in [0.29, 0.717) is 58.1 Å². The van der Waals surface area contributed by atoms with E-state index in [-0.39, 0.29) is 41.1 Å². The zero-order chi connectivity index (χ0) is 60.4. The first-order valence-corrected chi connectivity index (χ1v) is 30.5. The van der Waals surface area contributed by atoms with Crippen LogP contribution in [-0.2, 0) is 25.9 Å². The summed E-state index contributed by atoms with van der Waals surface area (Å²) in [6.45, 7) is 17.7. The molecule has 0 aromatic carbocycles. The molecule has 2 N–H and O–H groups in total. The predicted molar refractivity (Wildman–Crippen MR) is 324 cm³/mol. The Morgan fingerprint density at radius 2 is 0.837 bits per heavy atom. The van der Waals surface area contributed by atoms with Gasteiger partial charge in [0.05, 0.1) is 34.2 Å². The lowest BCUT2D eigenvalue weighted by molar-refractivity contribution is 0.0174. The van der Waals surface area contributed by atoms with E-state index in [1.54, 1.807) is 57.9 Å². The van der Waals surface area contributed by atoms with Crippen molar-refractivity contribution < 1.29 is 23.7 Å². The molecule has 11 heterocycles. The normalized spacial score (nSPS) is 18.0. The summed E-state index contributed by atoms with van der Waals surface area (Å²) in [6, 6.07) is 10.6. The second-order valence-corrected chi connectivity index (χ2v) is 23.8. The van der Waals surface area contributed by atoms with Crippen LogP contribution >= 0.6 is 0 Å². The summed E-state index contributed by atoms with van der Waals surface area (Å²) < 4.78 is 28.1. The molecule has 86 heavy (non-hydrogen) atoms. The van der Waals surface area contributed by atoms with Gasteiger partial charge in [0, 0.05) is 97.2 Å². The maximum Gasteiger partial charge on any atom is 0.410 e. The minimum absolute atomic E-state index is 0.0251. The minimum atomic E-state index is -0.450. The first kappa shape index (κ1) is 62.9. The summed E-state index contributed by atoms with van der Waals surface area (Å²) in [5.41, 5.74) is 2.40. The average Bonchev–Trinajstić information content (AvgIpc) is 3.04. The Bertz CT molecular complexity index is 3260. The Kier molecular flexibility index (Phi) is 22.4. The van der Waals surface area contributed by atoms with Crippen LogP contribution in [0, 0.1) is 11.8 Å². The van der Waals surface area contributed by atoms with E-state index in [9.17, 15) is 19.2 Å². The molecule has 6 aromatic heterocycles. The molecule has 0 bridgehead atoms. The number of hydrogen-bond acceptors (Lipinski definition) is 21. The van der Waals surface area contributed by atoms with Crippen LogP contribution in [0.5, 0.6) is 18.0 Å². The topological polar surface area (TPSA) is 270 Å². The molecule has 5 fully saturated rings. The van der Waals surface area contributed by atoms with Crippen LogP contribution < -0.4 is 41.5 Å². The van der Waals surface area contributed by atoms with Gasteiger partial charge >= 0.3 is 6.09 Å². The number of ether oxygens (including phenoxy) is 4. The molecule has 25 nitrogen and oxygen atoms in total. The molecule has 11 rings (SSSR count). The molecule has 0 aliphatic carbocycles. The maximum atomic E-state index is 12.4. The Hall–Kier alpha value is -7.61. The van der Waals surface area contributed by atoms with Crippen molar-refractivity contribution in [3.63, 3.8) is 0 Å². The molecular weight excluding hydrogens is 1100 g/mol. The number of piperidine rings is 5. The Labute approximate surface area is 502 Å². The number of amides is 1. The van der Waals surface area contributed by atoms with Crippen LogP contribution in [0.3, 0.4) is 0 Å². The molecule has 0 spiro atoms. The van der Waals surface area contributed by atoms with E-state index in [1.807, 2.05) is 25.7 Å². The minimum Gasteiger partial charge on any atom is -0.461 e. The summed E-state index contributed by atoms with van der Waals surface area (Å²) in [5, 5.41) is 6.71. The summed E-state index contributed by atoms with van der Waals surface area (Å²) in [7, 11) is 5.04. The van der Waals surface area contributed by atoms with Crippen molar-refractivity contribution in [1.82, 2.24) is 83.9 Å². The number of carbonyl (C=O) groups is 1. The summed E-state index contributed by atoms with van der Waals surface area (Å²) in [6.07, 6.45) is 21.9. The number of hydrogen-bond donors (Lipinski definition) is 2. The van der Waals surface area contributed by atoms with Gasteiger partial charge in [-0.2, -0.15) is 15.0 Å². The van der Waals surface area contributed by atoms with Crippen LogP contribution in [0.1, 0.15) is 97.8 Å². The van der Waals surface area contributed by atoms with E-state index in [2.05, 4.69) is 65.3 Å². The van der Waals surface area contributed by atoms with Crippen LogP contribution in [0.2, 0.25) is 0 Å². The van der Waals surface area contributed by atoms with Crippen molar-refractivity contribution in [2.75, 3.05) is 78.5 Å². The lowest BCUT2D eigenvalue weighted by atomic mass is 9.93. The summed E-state index contributed by atoms with van der Waals surface area (Å²) in [4.78, 5) is 93.7. The Morgan fingerprint density at radius 1 is 0.488 bits per heavy atom. The number of aromatic nitrogens is 12. The lowest BCUT2D eigenvalue weighted by Crippen LogP contribution is -2.43. The highest BCUT2D eigenvalue weighted by molar-refractivity contribution is 5.68. The van der Waals surface area contributed by atoms with E-state index < -0.39 is 5.60 Å². The van der Waals surface area contributed by atoms with E-state index in [4.69, 9.17) is 18.9 Å². The Morgan fingerprint density at radius 3 is 1.19 bits per heavy atom. The number of nitrogens with zero attached hydrogens (tertiary/aromatic N) is 15. The SMILES string of the molecule is Cn1c(OC2CCN(CCC3CCN(C(=O)OC(C)(C)C)CC3)CC2)nc(-c2ccncn2)cc1=O.Cn1c(OC2CCN(CCC3CCNCC3)CC2)nc(-c2ccncn2)cc1=O.Cn1c(OC2CCNCC2)nc(-c2ccncn2)cc1=O. The predicted octanol–water partition coefficient (Wildman–Crippen LogP) is 4.96. The smallest absolute Gasteiger partial charge is 0.410 e. The van der Waals surface area contributed by atoms with Gasteiger partial charge < -0.3 is 44.3 Å². The second-order valence-electron chi connectivity index (χ2n) is 23.8. The second kappa shape index (κ2) is 30.6. The third-order valence-corrected chi connectivity index (χ3v) is 16.4. The highest BCUT2D eigenvalue weighted by Crippen LogP contribution is 2.26. The molecular formula is C61H85N17O8. The molecule has 462 valence electrons. The lowest BCUT2D eigenvalue weighted by Gasteiger charge is -2.35. The number of carbonyl (C=O) groups excluding carboxylic acids is 1. The summed E-state index contributed by atoms with van der Waals surface area (Å²) >= 11 is 0. The van der Waals surface area contributed by atoms with Gasteiger partial charge in [-0.1, -0.05) is 0 Å². The van der Waals surface area contributed by atoms with Gasteiger partial charge in [-0.25, -0.2) is 34.7 Å². The van der Waals surface area contributed by atoms with Crippen molar-refractivity contribution >= 4 is 6.09 Å². The Balaban J connectivity index is 0.000000159. The standard InChI is InChI=1S/C26H38N6O4.C21H30N6O2.C14H17N5O2/c1-26(2,3)36-25(34)32-15-7-19(8-16-32)6-12-31-13-9-20(10-14-31)35-24-29-22(17-23(33)30(24)4)21-5-11-27-18-28-21;1-26-20(28)14-19(18-4-10-23-15-24-18)25-21(26)29-17-6-12-27(13-7-17)11-5-16-2-8-22-9-3-16;1-19-13(20)8-12(11-4-7-16-9-17-11)18-14(19)21-10-2-5-15-6-3-10/h5,11,17-20H,6-10,12-16H2,1-4H3;4,10,14-17,22H,2-3,5-9,11-13H2,1H3;4,7-10,15H,2-3,5-6H2,1H3. The summed E-state index contributed by atoms with van der Waals surface area (Å²) in [5.74, 6) is 1.51. The van der Waals surface area contributed by atoms with E-state index in [1.165, 1.54) is 89.8 Å². The number of likely N-dealkylation sites (tertiary alicyclic amines) is 3. The van der Waals surface area contributed by atoms with Gasteiger partial charge in [0.15, 0.2) is 0 Å². The van der Waals surface area contributed by atoms with Crippen LogP contribution in [0.15, 0.2) is 88.4 Å². The largest absolute Gasteiger partial charge is 0.461 e. The van der Waals surface area contributed by atoms with Crippen molar-refractivity contribution in [2.24, 2.45) is 33.0 Å². The highest BCUT2D eigenvalue weighted by atomic mass is 16.6. The van der Waals surface area contributed by atoms with E-state index >= 15 is 0 Å². The van der Waals surface area contributed by atoms with Crippen LogP contribution in [0.25, 0.3) is 34.2 Å².